The van der Waals surface area contributed by atoms with Gasteiger partial charge in [-0.15, -0.1) is 0 Å². The number of rotatable bonds is 2. The summed E-state index contributed by atoms with van der Waals surface area (Å²) in [5.41, 5.74) is 1.13. The number of phenolic OH excluding ortho intramolecular Hbond substituents is 1. The molecule has 1 fully saturated rings. The molecule has 1 aromatic carbocycles. The number of likely N-dealkylation sites (N-methyl/N-ethyl adjacent to an activating group) is 1. The van der Waals surface area contributed by atoms with Crippen molar-refractivity contribution in [2.45, 2.75) is 13.0 Å². The van der Waals surface area contributed by atoms with Gasteiger partial charge in [-0.2, -0.15) is 0 Å². The van der Waals surface area contributed by atoms with Gasteiger partial charge in [0.15, 0.2) is 0 Å². The fourth-order valence-electron chi connectivity index (χ4n) is 2.44. The van der Waals surface area contributed by atoms with Crippen LogP contribution >= 0.6 is 0 Å². The zero-order valence-corrected chi connectivity index (χ0v) is 12.6. The molecular formula is C15H21N3O3. The summed E-state index contributed by atoms with van der Waals surface area (Å²) in [5.74, 6) is -0.485. The van der Waals surface area contributed by atoms with E-state index in [1.807, 2.05) is 6.92 Å². The van der Waals surface area contributed by atoms with Gasteiger partial charge in [-0.25, -0.2) is 0 Å². The number of aromatic hydroxyl groups is 1. The summed E-state index contributed by atoms with van der Waals surface area (Å²) in [4.78, 5) is 27.9. The maximum Gasteiger partial charge on any atom is 0.258 e. The second-order valence-corrected chi connectivity index (χ2v) is 5.47. The van der Waals surface area contributed by atoms with Gasteiger partial charge in [0.05, 0.1) is 5.56 Å². The third-order valence-corrected chi connectivity index (χ3v) is 3.61. The molecule has 6 heteroatoms. The third kappa shape index (κ3) is 3.16. The van der Waals surface area contributed by atoms with Crippen LogP contribution in [0.3, 0.4) is 0 Å². The molecule has 0 spiro atoms. The van der Waals surface area contributed by atoms with Crippen LogP contribution in [0, 0.1) is 6.92 Å². The normalized spacial score (nSPS) is 18.4. The average Bonchev–Trinajstić information content (AvgIpc) is 2.48. The van der Waals surface area contributed by atoms with Gasteiger partial charge in [0, 0.05) is 33.7 Å². The Labute approximate surface area is 124 Å². The van der Waals surface area contributed by atoms with Gasteiger partial charge in [-0.05, 0) is 19.1 Å². The van der Waals surface area contributed by atoms with Gasteiger partial charge in [0.2, 0.25) is 5.91 Å². The van der Waals surface area contributed by atoms with Gasteiger partial charge in [-0.1, -0.05) is 11.6 Å². The Kier molecular flexibility index (Phi) is 4.47. The number of hydrogen-bond acceptors (Lipinski definition) is 4. The van der Waals surface area contributed by atoms with E-state index in [4.69, 9.17) is 0 Å². The number of piperazine rings is 1. The maximum absolute atomic E-state index is 12.7. The van der Waals surface area contributed by atoms with E-state index in [0.29, 0.717) is 19.6 Å². The summed E-state index contributed by atoms with van der Waals surface area (Å²) < 4.78 is 0. The first-order chi connectivity index (χ1) is 9.91. The minimum Gasteiger partial charge on any atom is -0.507 e. The van der Waals surface area contributed by atoms with Gasteiger partial charge in [0.1, 0.15) is 11.8 Å². The van der Waals surface area contributed by atoms with E-state index in [2.05, 4.69) is 5.32 Å². The zero-order chi connectivity index (χ0) is 15.6. The van der Waals surface area contributed by atoms with Gasteiger partial charge >= 0.3 is 0 Å². The van der Waals surface area contributed by atoms with Crippen LogP contribution in [0.25, 0.3) is 0 Å². The summed E-state index contributed by atoms with van der Waals surface area (Å²) >= 11 is 0. The van der Waals surface area contributed by atoms with Gasteiger partial charge in [-0.3, -0.25) is 9.59 Å². The topological polar surface area (TPSA) is 72.9 Å². The Morgan fingerprint density at radius 2 is 2.10 bits per heavy atom. The molecule has 0 radical (unpaired) electrons. The van der Waals surface area contributed by atoms with Crippen LogP contribution in [-0.4, -0.2) is 66.5 Å². The highest BCUT2D eigenvalue weighted by Crippen LogP contribution is 2.22. The molecule has 2 N–H and O–H groups in total. The number of carbonyl (C=O) groups excluding carboxylic acids is 2. The molecule has 1 saturated heterocycles. The maximum atomic E-state index is 12.7. The fraction of sp³-hybridized carbons (Fsp3) is 0.467. The van der Waals surface area contributed by atoms with Crippen molar-refractivity contribution in [2.75, 3.05) is 33.7 Å². The molecule has 6 nitrogen and oxygen atoms in total. The minimum absolute atomic E-state index is 0.0554. The number of phenols is 1. The van der Waals surface area contributed by atoms with E-state index in [0.717, 1.165) is 5.56 Å². The lowest BCUT2D eigenvalue weighted by atomic mass is 10.1. The minimum atomic E-state index is -0.541. The molecule has 0 aliphatic carbocycles. The molecule has 0 saturated carbocycles. The lowest BCUT2D eigenvalue weighted by Crippen LogP contribution is -2.59. The van der Waals surface area contributed by atoms with Crippen molar-refractivity contribution in [3.8, 4) is 5.75 Å². The Morgan fingerprint density at radius 1 is 1.38 bits per heavy atom. The first-order valence-electron chi connectivity index (χ1n) is 6.94. The first kappa shape index (κ1) is 15.3. The number of hydrogen-bond donors (Lipinski definition) is 2. The molecule has 1 aromatic rings. The molecule has 2 rings (SSSR count). The molecule has 1 atom stereocenters. The molecule has 1 unspecified atom stereocenters. The molecular weight excluding hydrogens is 270 g/mol. The van der Waals surface area contributed by atoms with Crippen molar-refractivity contribution in [1.29, 1.82) is 0 Å². The standard InChI is InChI=1S/C15H21N3O3/c1-10-4-5-13(19)11(8-10)14(20)18-7-6-16-9-12(18)15(21)17(2)3/h4-5,8,12,16,19H,6-7,9H2,1-3H3. The lowest BCUT2D eigenvalue weighted by molar-refractivity contribution is -0.134. The van der Waals surface area contributed by atoms with Crippen molar-refractivity contribution in [3.63, 3.8) is 0 Å². The van der Waals surface area contributed by atoms with Crippen molar-refractivity contribution in [2.24, 2.45) is 0 Å². The quantitative estimate of drug-likeness (QED) is 0.816. The highest BCUT2D eigenvalue weighted by Gasteiger charge is 2.34. The predicted molar refractivity (Wildman–Crippen MR) is 79.2 cm³/mol. The zero-order valence-electron chi connectivity index (χ0n) is 12.6. The highest BCUT2D eigenvalue weighted by molar-refractivity contribution is 6.00. The average molecular weight is 291 g/mol. The van der Waals surface area contributed by atoms with Gasteiger partial charge in [0.25, 0.3) is 5.91 Å². The van der Waals surface area contributed by atoms with Crippen LogP contribution in [0.15, 0.2) is 18.2 Å². The Morgan fingerprint density at radius 3 is 2.76 bits per heavy atom. The van der Waals surface area contributed by atoms with Crippen molar-refractivity contribution < 1.29 is 14.7 Å². The van der Waals surface area contributed by atoms with E-state index in [1.165, 1.54) is 15.9 Å². The van der Waals surface area contributed by atoms with Crippen LogP contribution < -0.4 is 5.32 Å². The van der Waals surface area contributed by atoms with Crippen LogP contribution in [0.4, 0.5) is 0 Å². The molecule has 1 aliphatic rings. The number of benzene rings is 1. The summed E-state index contributed by atoms with van der Waals surface area (Å²) in [6.45, 7) is 3.36. The van der Waals surface area contributed by atoms with E-state index in [-0.39, 0.29) is 23.1 Å². The largest absolute Gasteiger partial charge is 0.507 e. The molecule has 114 valence electrons. The van der Waals surface area contributed by atoms with Crippen LogP contribution in [-0.2, 0) is 4.79 Å². The number of carbonyl (C=O) groups is 2. The SMILES string of the molecule is Cc1ccc(O)c(C(=O)N2CCNCC2C(=O)N(C)C)c1. The summed E-state index contributed by atoms with van der Waals surface area (Å²) in [6, 6.07) is 4.36. The summed E-state index contributed by atoms with van der Waals surface area (Å²) in [5, 5.41) is 13.0. The Bertz CT molecular complexity index is 557. The summed E-state index contributed by atoms with van der Waals surface area (Å²) in [6.07, 6.45) is 0. The highest BCUT2D eigenvalue weighted by atomic mass is 16.3. The van der Waals surface area contributed by atoms with Crippen LogP contribution in [0.2, 0.25) is 0 Å². The molecule has 1 heterocycles. The molecule has 0 bridgehead atoms. The smallest absolute Gasteiger partial charge is 0.258 e. The van der Waals surface area contributed by atoms with Crippen molar-refractivity contribution in [1.82, 2.24) is 15.1 Å². The van der Waals surface area contributed by atoms with Crippen LogP contribution in [0.5, 0.6) is 5.75 Å². The predicted octanol–water partition coefficient (Wildman–Crippen LogP) is 0.203. The number of amides is 2. The van der Waals surface area contributed by atoms with Gasteiger partial charge < -0.3 is 20.2 Å². The Hall–Kier alpha value is -2.08. The number of aryl methyl sites for hydroxylation is 1. The Balaban J connectivity index is 2.30. The first-order valence-corrected chi connectivity index (χ1v) is 6.94. The second-order valence-electron chi connectivity index (χ2n) is 5.47. The number of nitrogens with zero attached hydrogens (tertiary/aromatic N) is 2. The van der Waals surface area contributed by atoms with Crippen molar-refractivity contribution >= 4 is 11.8 Å². The number of nitrogens with one attached hydrogen (secondary N) is 1. The second kappa shape index (κ2) is 6.13. The monoisotopic (exact) mass is 291 g/mol. The van der Waals surface area contributed by atoms with Crippen molar-refractivity contribution in [3.05, 3.63) is 29.3 Å². The fourth-order valence-corrected chi connectivity index (χ4v) is 2.44. The lowest BCUT2D eigenvalue weighted by Gasteiger charge is -2.36. The van der Waals surface area contributed by atoms with E-state index < -0.39 is 6.04 Å². The third-order valence-electron chi connectivity index (χ3n) is 3.61. The molecule has 0 aromatic heterocycles. The van der Waals surface area contributed by atoms with E-state index >= 15 is 0 Å². The van der Waals surface area contributed by atoms with Crippen LogP contribution in [0.1, 0.15) is 15.9 Å². The van der Waals surface area contributed by atoms with E-state index in [9.17, 15) is 14.7 Å². The molecule has 2 amide bonds. The van der Waals surface area contributed by atoms with E-state index in [1.54, 1.807) is 26.2 Å². The molecule has 21 heavy (non-hydrogen) atoms. The molecule has 1 aliphatic heterocycles. The summed E-state index contributed by atoms with van der Waals surface area (Å²) in [7, 11) is 3.34.